The van der Waals surface area contributed by atoms with E-state index in [4.69, 9.17) is 23.7 Å². The largest absolute Gasteiger partial charge is 0.462 e. The summed E-state index contributed by atoms with van der Waals surface area (Å²) < 4.78 is 28.4. The van der Waals surface area contributed by atoms with Crippen molar-refractivity contribution >= 4 is 5.97 Å². The third-order valence-corrected chi connectivity index (χ3v) is 15.7. The van der Waals surface area contributed by atoms with Gasteiger partial charge >= 0.3 is 5.97 Å². The van der Waals surface area contributed by atoms with Gasteiger partial charge in [0.25, 0.3) is 0 Å². The molecule has 0 aromatic rings. The third kappa shape index (κ3) is 65.1. The van der Waals surface area contributed by atoms with Crippen LogP contribution in [0, 0.1) is 118 Å². The molecule has 0 spiro atoms. The molecule has 0 heterocycles. The van der Waals surface area contributed by atoms with Crippen LogP contribution >= 0.6 is 0 Å². The zero-order valence-electron chi connectivity index (χ0n) is 68.0. The predicted molar refractivity (Wildman–Crippen MR) is 397 cm³/mol. The molecular weight excluding hydrogens is 1080 g/mol. The number of allylic oxidation sites excluding steroid dienone is 2. The first-order valence-corrected chi connectivity index (χ1v) is 37.2. The molecule has 0 amide bonds. The molecule has 0 aliphatic heterocycles. The fourth-order valence-corrected chi connectivity index (χ4v) is 13.2. The second kappa shape index (κ2) is 60.9. The zero-order valence-corrected chi connectivity index (χ0v) is 68.0. The maximum atomic E-state index is 10.9. The number of methoxy groups -OCH3 is 1. The number of rotatable bonds is 37. The first kappa shape index (κ1) is 101. The van der Waals surface area contributed by atoms with Crippen molar-refractivity contribution in [2.24, 2.45) is 118 Å². The number of carbonyl (C=O) groups excluding carboxylic acids is 1. The van der Waals surface area contributed by atoms with Gasteiger partial charge in [0, 0.05) is 33.9 Å². The van der Waals surface area contributed by atoms with E-state index in [1.165, 1.54) is 44.6 Å². The van der Waals surface area contributed by atoms with E-state index in [-0.39, 0.29) is 18.2 Å². The first-order chi connectivity index (χ1) is 40.2. The monoisotopic (exact) mass is 1260 g/mol. The van der Waals surface area contributed by atoms with Crippen LogP contribution in [0.5, 0.6) is 0 Å². The lowest BCUT2D eigenvalue weighted by atomic mass is 9.88. The summed E-state index contributed by atoms with van der Waals surface area (Å²) in [5, 5.41) is 9.64. The molecule has 0 aromatic carbocycles. The van der Waals surface area contributed by atoms with Crippen LogP contribution in [0.4, 0.5) is 0 Å². The van der Waals surface area contributed by atoms with Crippen LogP contribution in [0.1, 0.15) is 328 Å². The molecule has 1 N–H and O–H groups in total. The van der Waals surface area contributed by atoms with Gasteiger partial charge in [-0.05, 0) is 190 Å². The maximum Gasteiger partial charge on any atom is 0.302 e. The van der Waals surface area contributed by atoms with Crippen molar-refractivity contribution in [3.63, 3.8) is 0 Å². The van der Waals surface area contributed by atoms with Crippen molar-refractivity contribution in [2.45, 2.75) is 364 Å². The Kier molecular flexibility index (Phi) is 69.6. The molecule has 4 unspecified atom stereocenters. The van der Waals surface area contributed by atoms with Crippen LogP contribution in [0.15, 0.2) is 11.6 Å². The van der Waals surface area contributed by atoms with Gasteiger partial charge in [0.1, 0.15) is 6.10 Å². The molecule has 0 aliphatic rings. The molecule has 0 saturated carbocycles. The molecule has 7 nitrogen and oxygen atoms in total. The van der Waals surface area contributed by atoms with Gasteiger partial charge in [-0.25, -0.2) is 0 Å². The van der Waals surface area contributed by atoms with Crippen molar-refractivity contribution in [1.29, 1.82) is 0 Å². The maximum absolute atomic E-state index is 10.9. The minimum atomic E-state index is -0.167. The number of aliphatic hydroxyl groups excluding tert-OH is 1. The van der Waals surface area contributed by atoms with Gasteiger partial charge in [0.2, 0.25) is 0 Å². The van der Waals surface area contributed by atoms with E-state index in [0.29, 0.717) is 113 Å². The minimum absolute atomic E-state index is 0.0647. The Bertz CT molecular complexity index is 1440. The normalized spacial score (nSPS) is 16.1. The zero-order chi connectivity index (χ0) is 70.9. The summed E-state index contributed by atoms with van der Waals surface area (Å²) in [7, 11) is 1.82. The van der Waals surface area contributed by atoms with Gasteiger partial charge in [-0.15, -0.1) is 0 Å². The van der Waals surface area contributed by atoms with Gasteiger partial charge in [0.15, 0.2) is 0 Å². The van der Waals surface area contributed by atoms with Gasteiger partial charge in [-0.1, -0.05) is 261 Å². The van der Waals surface area contributed by atoms with E-state index in [1.807, 2.05) is 7.11 Å². The van der Waals surface area contributed by atoms with E-state index in [1.54, 1.807) is 0 Å². The SMILES string of the molecule is C/C(=C/C(C)C)CC(C)C.CC(=O)O[C@@H](C(C)C)C(C)CC(C)C.CC(C)CC(C)[C@@H](O)C(C)C.CCCO[C@@H](C(C)C)C(C)CC(C)C.CCCO[C@H](C(C)C)[C@H](C)CC(C)C.CCO[C@@H](C(C)C)[C@H](C)CC(C)C.CO[C@@H](C(C)C)C(C)CC(C)C. The van der Waals surface area contributed by atoms with E-state index in [9.17, 15) is 9.90 Å². The average Bonchev–Trinajstić information content (AvgIpc) is 3.43. The Labute approximate surface area is 558 Å². The van der Waals surface area contributed by atoms with E-state index < -0.39 is 0 Å². The second-order valence-corrected chi connectivity index (χ2v) is 32.8. The van der Waals surface area contributed by atoms with Crippen LogP contribution in [0.25, 0.3) is 0 Å². The average molecular weight is 1260 g/mol. The van der Waals surface area contributed by atoms with Crippen molar-refractivity contribution in [2.75, 3.05) is 26.9 Å². The van der Waals surface area contributed by atoms with Gasteiger partial charge < -0.3 is 28.8 Å². The molecular formula is C81H172O7. The summed E-state index contributed by atoms with van der Waals surface area (Å²) >= 11 is 0. The van der Waals surface area contributed by atoms with Crippen molar-refractivity contribution in [3.05, 3.63) is 11.6 Å². The molecule has 0 rings (SSSR count). The number of aliphatic hydroxyl groups is 1. The third-order valence-electron chi connectivity index (χ3n) is 15.7. The Morgan fingerprint density at radius 3 is 0.818 bits per heavy atom. The number of hydrogen-bond donors (Lipinski definition) is 1. The summed E-state index contributed by atoms with van der Waals surface area (Å²) in [4.78, 5) is 10.9. The Balaban J connectivity index is -0.000000174. The van der Waals surface area contributed by atoms with Gasteiger partial charge in [-0.2, -0.15) is 0 Å². The van der Waals surface area contributed by atoms with Gasteiger partial charge in [-0.3, -0.25) is 4.79 Å². The quantitative estimate of drug-likeness (QED) is 0.0490. The Morgan fingerprint density at radius 1 is 0.352 bits per heavy atom. The van der Waals surface area contributed by atoms with Crippen molar-refractivity contribution in [1.82, 2.24) is 0 Å². The fourth-order valence-electron chi connectivity index (χ4n) is 13.2. The summed E-state index contributed by atoms with van der Waals surface area (Å²) in [6.45, 7) is 88.6. The standard InChI is InChI=1S/2C13H28O.C12H24O2.C12H26O.C11H24O.C10H22O.C10H20/c2*1-7-8-14-13(11(4)5)12(6)9-10(2)3;1-8(2)7-10(5)12(9(3)4)14-11(6)13;1-7-13-12(10(4)5)11(6)8-9(2)3;1-8(2)7-10(5)11(12-6)9(3)4;1-7(2)6-9(5)10(11)8(3)4;1-8(2)6-10(5)7-9(3)4/h2*10-13H,7-9H2,1-6H3;8-10,12H,7H2,1-6H3;9-12H,7-8H2,1-6H3;8-11H,7H2,1-6H3;7-11H,6H2,1-5H3;6,8-9H,7H2,1-5H3/b;;;;;;10-6-/t12?,13-;12-,13-;10?,12-;11-,12+;10?,11-;9?,10-;/m010100./s1. The molecule has 7 heteroatoms. The van der Waals surface area contributed by atoms with Crippen LogP contribution < -0.4 is 0 Å². The van der Waals surface area contributed by atoms with E-state index >= 15 is 0 Å². The summed E-state index contributed by atoms with van der Waals surface area (Å²) in [5.41, 5.74) is 1.53. The highest BCUT2D eigenvalue weighted by atomic mass is 16.5. The van der Waals surface area contributed by atoms with E-state index in [0.717, 1.165) is 75.1 Å². The molecule has 0 fully saturated rings. The fraction of sp³-hybridized carbons (Fsp3) is 0.963. The molecule has 0 aromatic heterocycles. The number of hydrogen-bond acceptors (Lipinski definition) is 7. The lowest BCUT2D eigenvalue weighted by Gasteiger charge is -2.28. The predicted octanol–water partition coefficient (Wildman–Crippen LogP) is 24.9. The number of carbonyl (C=O) groups is 1. The molecule has 12 atom stereocenters. The Morgan fingerprint density at radius 2 is 0.614 bits per heavy atom. The first-order valence-electron chi connectivity index (χ1n) is 37.2. The summed E-state index contributed by atoms with van der Waals surface area (Å²) in [6.07, 6.45) is 14.8. The van der Waals surface area contributed by atoms with Crippen LogP contribution in [-0.4, -0.2) is 74.6 Å². The highest BCUT2D eigenvalue weighted by Gasteiger charge is 2.27. The highest BCUT2D eigenvalue weighted by molar-refractivity contribution is 5.66. The molecule has 0 radical (unpaired) electrons. The van der Waals surface area contributed by atoms with Crippen LogP contribution in [-0.2, 0) is 28.5 Å². The number of ether oxygens (including phenoxy) is 5. The Hall–Kier alpha value is -0.990. The van der Waals surface area contributed by atoms with Crippen molar-refractivity contribution in [3.8, 4) is 0 Å². The smallest absolute Gasteiger partial charge is 0.302 e. The summed E-state index contributed by atoms with van der Waals surface area (Å²) in [5.74, 6) is 12.7. The second-order valence-electron chi connectivity index (χ2n) is 32.8. The van der Waals surface area contributed by atoms with Crippen LogP contribution in [0.2, 0.25) is 0 Å². The van der Waals surface area contributed by atoms with E-state index in [2.05, 4.69) is 269 Å². The minimum Gasteiger partial charge on any atom is -0.462 e. The van der Waals surface area contributed by atoms with Crippen LogP contribution in [0.3, 0.4) is 0 Å². The molecule has 88 heavy (non-hydrogen) atoms. The number of esters is 1. The molecule has 538 valence electrons. The molecule has 0 aliphatic carbocycles. The molecule has 0 saturated heterocycles. The lowest BCUT2D eigenvalue weighted by molar-refractivity contribution is -0.152. The summed E-state index contributed by atoms with van der Waals surface area (Å²) in [6, 6.07) is 0. The van der Waals surface area contributed by atoms with Gasteiger partial charge in [0.05, 0.1) is 30.5 Å². The van der Waals surface area contributed by atoms with Crippen molar-refractivity contribution < 1.29 is 33.6 Å². The highest BCUT2D eigenvalue weighted by Crippen LogP contribution is 2.28. The topological polar surface area (TPSA) is 83.5 Å². The lowest BCUT2D eigenvalue weighted by Crippen LogP contribution is -2.30. The molecule has 0 bridgehead atoms.